The van der Waals surface area contributed by atoms with Crippen LogP contribution in [0.2, 0.25) is 0 Å². The molecule has 0 aromatic rings. The first-order valence-corrected chi connectivity index (χ1v) is 5.44. The van der Waals surface area contributed by atoms with Crippen LogP contribution in [-0.2, 0) is 9.47 Å². The molecule has 3 nitrogen and oxygen atoms in total. The highest BCUT2D eigenvalue weighted by Crippen LogP contribution is 2.30. The van der Waals surface area contributed by atoms with E-state index in [0.717, 1.165) is 0 Å². The lowest BCUT2D eigenvalue weighted by molar-refractivity contribution is 0.0585. The predicted octanol–water partition coefficient (Wildman–Crippen LogP) is 2.70. The molecule has 0 N–H and O–H groups in total. The maximum absolute atomic E-state index is 9.22. The second-order valence-corrected chi connectivity index (χ2v) is 3.73. The minimum Gasteiger partial charge on any atom is -0.382 e. The number of ether oxygens (including phenoxy) is 2. The van der Waals surface area contributed by atoms with Crippen LogP contribution in [0, 0.1) is 16.7 Å². The minimum absolute atomic E-state index is 0.406. The van der Waals surface area contributed by atoms with Gasteiger partial charge in [-0.25, -0.2) is 0 Å². The lowest BCUT2D eigenvalue weighted by Crippen LogP contribution is -2.20. The summed E-state index contributed by atoms with van der Waals surface area (Å²) in [6.07, 6.45) is 5.60. The smallest absolute Gasteiger partial charge is 0.0700 e. The van der Waals surface area contributed by atoms with Crippen molar-refractivity contribution >= 4 is 0 Å². The molecule has 0 spiro atoms. The number of hydrogen-bond donors (Lipinski definition) is 0. The molecule has 0 aliphatic heterocycles. The van der Waals surface area contributed by atoms with Crippen LogP contribution >= 0.6 is 0 Å². The van der Waals surface area contributed by atoms with Crippen LogP contribution in [0.4, 0.5) is 0 Å². The number of nitrogens with zero attached hydrogens (tertiary/aromatic N) is 1. The third-order valence-corrected chi connectivity index (χ3v) is 2.46. The zero-order chi connectivity index (χ0) is 12.3. The summed E-state index contributed by atoms with van der Waals surface area (Å²) in [6.45, 7) is 9.10. The summed E-state index contributed by atoms with van der Waals surface area (Å²) in [5, 5.41) is 9.22. The summed E-state index contributed by atoms with van der Waals surface area (Å²) >= 11 is 0. The molecule has 0 atom stereocenters. The van der Waals surface area contributed by atoms with Crippen LogP contribution in [0.1, 0.15) is 19.3 Å². The van der Waals surface area contributed by atoms with Crippen LogP contribution in [-0.4, -0.2) is 26.9 Å². The quantitative estimate of drug-likeness (QED) is 0.422. The van der Waals surface area contributed by atoms with E-state index in [4.69, 9.17) is 9.47 Å². The van der Waals surface area contributed by atoms with Gasteiger partial charge in [-0.1, -0.05) is 12.2 Å². The van der Waals surface area contributed by atoms with Crippen molar-refractivity contribution in [1.82, 2.24) is 0 Å². The fourth-order valence-electron chi connectivity index (χ4n) is 1.50. The van der Waals surface area contributed by atoms with Gasteiger partial charge in [0.25, 0.3) is 0 Å². The van der Waals surface area contributed by atoms with Gasteiger partial charge in [-0.2, -0.15) is 5.26 Å². The molecule has 0 amide bonds. The molecule has 3 heteroatoms. The third-order valence-electron chi connectivity index (χ3n) is 2.46. The molecule has 0 aromatic heterocycles. The van der Waals surface area contributed by atoms with Crippen molar-refractivity contribution in [1.29, 1.82) is 5.26 Å². The average Bonchev–Trinajstić information content (AvgIpc) is 2.29. The van der Waals surface area contributed by atoms with Gasteiger partial charge in [0.05, 0.1) is 24.7 Å². The van der Waals surface area contributed by atoms with E-state index < -0.39 is 5.41 Å². The predicted molar refractivity (Wildman–Crippen MR) is 65.0 cm³/mol. The van der Waals surface area contributed by atoms with E-state index in [9.17, 15) is 5.26 Å². The van der Waals surface area contributed by atoms with Gasteiger partial charge in [-0.3, -0.25) is 0 Å². The fourth-order valence-corrected chi connectivity index (χ4v) is 1.50. The molecule has 0 unspecified atom stereocenters. The molecule has 0 bridgehead atoms. The van der Waals surface area contributed by atoms with Crippen LogP contribution in [0.3, 0.4) is 0 Å². The molecule has 0 radical (unpaired) electrons. The second-order valence-electron chi connectivity index (χ2n) is 3.73. The molecular weight excluding hydrogens is 202 g/mol. The second kappa shape index (κ2) is 9.14. The highest BCUT2D eigenvalue weighted by molar-refractivity contribution is 5.05. The van der Waals surface area contributed by atoms with Gasteiger partial charge in [0.2, 0.25) is 0 Å². The first-order chi connectivity index (χ1) is 7.74. The maximum Gasteiger partial charge on any atom is 0.0700 e. The van der Waals surface area contributed by atoms with Gasteiger partial charge >= 0.3 is 0 Å². The number of nitriles is 1. The first-order valence-electron chi connectivity index (χ1n) is 5.44. The SMILES string of the molecule is C=CCC(C#N)(CC=C)CCOCCOC. The fraction of sp³-hybridized carbons (Fsp3) is 0.615. The Kier molecular flexibility index (Phi) is 8.51. The van der Waals surface area contributed by atoms with Gasteiger partial charge in [-0.15, -0.1) is 13.2 Å². The molecule has 16 heavy (non-hydrogen) atoms. The summed E-state index contributed by atoms with van der Waals surface area (Å²) in [4.78, 5) is 0. The van der Waals surface area contributed by atoms with E-state index >= 15 is 0 Å². The van der Waals surface area contributed by atoms with Crippen LogP contribution in [0.25, 0.3) is 0 Å². The van der Waals surface area contributed by atoms with Crippen molar-refractivity contribution in [3.05, 3.63) is 25.3 Å². The van der Waals surface area contributed by atoms with E-state index in [2.05, 4.69) is 19.2 Å². The van der Waals surface area contributed by atoms with Crippen molar-refractivity contribution < 1.29 is 9.47 Å². The highest BCUT2D eigenvalue weighted by atomic mass is 16.5. The van der Waals surface area contributed by atoms with E-state index in [0.29, 0.717) is 39.1 Å². The average molecular weight is 223 g/mol. The summed E-state index contributed by atoms with van der Waals surface area (Å²) < 4.78 is 10.3. The van der Waals surface area contributed by atoms with E-state index in [1.165, 1.54) is 0 Å². The monoisotopic (exact) mass is 223 g/mol. The molecule has 90 valence electrons. The molecule has 0 aromatic carbocycles. The zero-order valence-corrected chi connectivity index (χ0v) is 10.1. The molecule has 0 saturated carbocycles. The van der Waals surface area contributed by atoms with Crippen LogP contribution in [0.5, 0.6) is 0 Å². The molecule has 0 aliphatic carbocycles. The van der Waals surface area contributed by atoms with Crippen molar-refractivity contribution in [2.24, 2.45) is 5.41 Å². The van der Waals surface area contributed by atoms with Crippen molar-refractivity contribution in [3.8, 4) is 6.07 Å². The maximum atomic E-state index is 9.22. The van der Waals surface area contributed by atoms with Crippen molar-refractivity contribution in [2.75, 3.05) is 26.9 Å². The lowest BCUT2D eigenvalue weighted by Gasteiger charge is -2.23. The Balaban J connectivity index is 4.05. The standard InChI is InChI=1S/C13H21NO2/c1-4-6-13(12-14,7-5-2)8-9-16-11-10-15-3/h4-5H,1-2,6-11H2,3H3. The molecule has 0 heterocycles. The van der Waals surface area contributed by atoms with Crippen molar-refractivity contribution in [3.63, 3.8) is 0 Å². The topological polar surface area (TPSA) is 42.2 Å². The summed E-state index contributed by atoms with van der Waals surface area (Å²) in [7, 11) is 1.64. The number of methoxy groups -OCH3 is 1. The Labute approximate surface area is 98.4 Å². The Morgan fingerprint density at radius 2 is 1.81 bits per heavy atom. The van der Waals surface area contributed by atoms with Crippen molar-refractivity contribution in [2.45, 2.75) is 19.3 Å². The summed E-state index contributed by atoms with van der Waals surface area (Å²) in [5.41, 5.74) is -0.406. The Morgan fingerprint density at radius 1 is 1.19 bits per heavy atom. The van der Waals surface area contributed by atoms with E-state index in [-0.39, 0.29) is 0 Å². The highest BCUT2D eigenvalue weighted by Gasteiger charge is 2.26. The van der Waals surface area contributed by atoms with E-state index in [1.807, 2.05) is 0 Å². The molecule has 0 aliphatic rings. The zero-order valence-electron chi connectivity index (χ0n) is 10.1. The Morgan fingerprint density at radius 3 is 2.25 bits per heavy atom. The normalized spacial score (nSPS) is 10.8. The van der Waals surface area contributed by atoms with Crippen LogP contribution in [0.15, 0.2) is 25.3 Å². The van der Waals surface area contributed by atoms with Gasteiger partial charge in [0, 0.05) is 13.7 Å². The number of hydrogen-bond acceptors (Lipinski definition) is 3. The van der Waals surface area contributed by atoms with Gasteiger partial charge < -0.3 is 9.47 Å². The largest absolute Gasteiger partial charge is 0.382 e. The van der Waals surface area contributed by atoms with Gasteiger partial charge in [0.15, 0.2) is 0 Å². The Hall–Kier alpha value is -1.11. The lowest BCUT2D eigenvalue weighted by atomic mass is 9.80. The number of allylic oxidation sites excluding steroid dienone is 2. The molecule has 0 saturated heterocycles. The third kappa shape index (κ3) is 5.69. The van der Waals surface area contributed by atoms with Crippen LogP contribution < -0.4 is 0 Å². The first kappa shape index (κ1) is 14.9. The summed E-state index contributed by atoms with van der Waals surface area (Å²) in [6, 6.07) is 2.35. The summed E-state index contributed by atoms with van der Waals surface area (Å²) in [5.74, 6) is 0. The van der Waals surface area contributed by atoms with Gasteiger partial charge in [-0.05, 0) is 19.3 Å². The molecule has 0 rings (SSSR count). The van der Waals surface area contributed by atoms with E-state index in [1.54, 1.807) is 19.3 Å². The molecule has 0 fully saturated rings. The van der Waals surface area contributed by atoms with Gasteiger partial charge in [0.1, 0.15) is 0 Å². The minimum atomic E-state index is -0.406. The Bertz CT molecular complexity index is 233. The number of rotatable bonds is 10. The molecular formula is C13H21NO2.